The van der Waals surface area contributed by atoms with Crippen molar-refractivity contribution >= 4 is 22.0 Å². The van der Waals surface area contributed by atoms with E-state index in [1.807, 2.05) is 6.92 Å². The van der Waals surface area contributed by atoms with Crippen molar-refractivity contribution in [2.24, 2.45) is 11.8 Å². The second kappa shape index (κ2) is 11.5. The number of carbonyl (C=O) groups is 2. The van der Waals surface area contributed by atoms with Crippen molar-refractivity contribution in [1.29, 1.82) is 0 Å². The van der Waals surface area contributed by atoms with Gasteiger partial charge in [-0.25, -0.2) is 17.5 Å². The van der Waals surface area contributed by atoms with E-state index in [0.717, 1.165) is 9.87 Å². The quantitative estimate of drug-likeness (QED) is 0.455. The van der Waals surface area contributed by atoms with Gasteiger partial charge in [-0.15, -0.1) is 0 Å². The lowest BCUT2D eigenvalue weighted by Gasteiger charge is -2.49. The maximum absolute atomic E-state index is 14.4. The third kappa shape index (κ3) is 5.55. The summed E-state index contributed by atoms with van der Waals surface area (Å²) in [4.78, 5) is 29.1. The van der Waals surface area contributed by atoms with E-state index >= 15 is 0 Å². The van der Waals surface area contributed by atoms with E-state index in [0.29, 0.717) is 6.42 Å². The molecule has 4 atom stereocenters. The van der Waals surface area contributed by atoms with Gasteiger partial charge in [0.15, 0.2) is 11.8 Å². The van der Waals surface area contributed by atoms with Crippen LogP contribution in [0.15, 0.2) is 29.2 Å². The minimum Gasteiger partial charge on any atom is -0.444 e. The molecule has 2 aliphatic heterocycles. The number of sulfonamides is 1. The Bertz CT molecular complexity index is 1100. The van der Waals surface area contributed by atoms with Gasteiger partial charge in [-0.1, -0.05) is 17.7 Å². The summed E-state index contributed by atoms with van der Waals surface area (Å²) >= 11 is 0. The first-order valence-electron chi connectivity index (χ1n) is 12.6. The van der Waals surface area contributed by atoms with Crippen LogP contribution in [-0.2, 0) is 33.8 Å². The summed E-state index contributed by atoms with van der Waals surface area (Å²) in [5, 5.41) is 11.5. The largest absolute Gasteiger partial charge is 0.444 e. The monoisotopic (exact) mass is 556 g/mol. The Hall–Kier alpha value is -2.25. The van der Waals surface area contributed by atoms with Crippen molar-refractivity contribution in [2.45, 2.75) is 69.0 Å². The summed E-state index contributed by atoms with van der Waals surface area (Å²) < 4.78 is 49.8. The standard InChI is InChI=1S/C26H40N2O9S/c1-17-8-10-19(11-9-17)38(32,33)28-13-12-20-18(14-22(35-6)36-7)15-27(24(31)37-25(2,3)4)26(20,23(28)30)21(29)16-34-5/h8-11,18,20-22,29H,12-16H2,1-7H3/t18?,20-,21+,26-/m1/s1. The second-order valence-electron chi connectivity index (χ2n) is 10.9. The van der Waals surface area contributed by atoms with Crippen molar-refractivity contribution < 1.29 is 42.1 Å². The van der Waals surface area contributed by atoms with E-state index < -0.39 is 51.5 Å². The number of aliphatic hydroxyl groups excluding tert-OH is 1. The van der Waals surface area contributed by atoms with Crippen LogP contribution in [0.3, 0.4) is 0 Å². The molecule has 2 aliphatic rings. The van der Waals surface area contributed by atoms with Crippen LogP contribution >= 0.6 is 0 Å². The number of rotatable bonds is 9. The number of likely N-dealkylation sites (tertiary alicyclic amines) is 1. The molecule has 1 unspecified atom stereocenters. The minimum absolute atomic E-state index is 0.0354. The third-order valence-corrected chi connectivity index (χ3v) is 9.08. The van der Waals surface area contributed by atoms with Gasteiger partial charge >= 0.3 is 6.09 Å². The van der Waals surface area contributed by atoms with E-state index in [9.17, 15) is 23.1 Å². The zero-order chi connectivity index (χ0) is 28.5. The summed E-state index contributed by atoms with van der Waals surface area (Å²) in [6, 6.07) is 6.17. The highest BCUT2D eigenvalue weighted by molar-refractivity contribution is 7.89. The molecule has 0 radical (unpaired) electrons. The molecule has 214 valence electrons. The van der Waals surface area contributed by atoms with Crippen LogP contribution in [0.2, 0.25) is 0 Å². The molecule has 0 spiro atoms. The predicted molar refractivity (Wildman–Crippen MR) is 138 cm³/mol. The van der Waals surface area contributed by atoms with Crippen molar-refractivity contribution in [3.8, 4) is 0 Å². The number of piperidine rings is 1. The normalized spacial score (nSPS) is 25.0. The lowest BCUT2D eigenvalue weighted by molar-refractivity contribution is -0.159. The fourth-order valence-corrected chi connectivity index (χ4v) is 7.04. The first-order chi connectivity index (χ1) is 17.7. The number of aliphatic hydroxyl groups is 1. The van der Waals surface area contributed by atoms with Gasteiger partial charge in [0.2, 0.25) is 0 Å². The number of hydrogen-bond donors (Lipinski definition) is 1. The topological polar surface area (TPSA) is 132 Å². The fourth-order valence-electron chi connectivity index (χ4n) is 5.60. The smallest absolute Gasteiger partial charge is 0.411 e. The van der Waals surface area contributed by atoms with Crippen LogP contribution in [-0.4, -0.2) is 99.3 Å². The number of nitrogens with zero attached hydrogens (tertiary/aromatic N) is 2. The molecular weight excluding hydrogens is 516 g/mol. The van der Waals surface area contributed by atoms with Crippen LogP contribution in [0.4, 0.5) is 4.79 Å². The zero-order valence-corrected chi connectivity index (χ0v) is 24.0. The Labute approximate surface area is 225 Å². The Balaban J connectivity index is 2.16. The molecule has 0 bridgehead atoms. The Morgan fingerprint density at radius 2 is 1.76 bits per heavy atom. The molecule has 0 aromatic heterocycles. The zero-order valence-electron chi connectivity index (χ0n) is 23.2. The molecule has 2 amide bonds. The molecule has 3 rings (SSSR count). The molecule has 2 saturated heterocycles. The molecule has 1 N–H and O–H groups in total. The van der Waals surface area contributed by atoms with Gasteiger partial charge < -0.3 is 24.1 Å². The number of hydrogen-bond acceptors (Lipinski definition) is 9. The molecule has 1 aromatic carbocycles. The van der Waals surface area contributed by atoms with Crippen molar-refractivity contribution in [2.75, 3.05) is 41.0 Å². The van der Waals surface area contributed by atoms with E-state index in [-0.39, 0.29) is 36.9 Å². The Kier molecular flexibility index (Phi) is 9.14. The number of ether oxygens (including phenoxy) is 4. The van der Waals surface area contributed by atoms with E-state index in [4.69, 9.17) is 18.9 Å². The third-order valence-electron chi connectivity index (χ3n) is 7.29. The number of fused-ring (bicyclic) bond motifs is 1. The van der Waals surface area contributed by atoms with Gasteiger partial charge in [0.25, 0.3) is 15.9 Å². The summed E-state index contributed by atoms with van der Waals surface area (Å²) in [5.41, 5.74) is -1.97. The lowest BCUT2D eigenvalue weighted by Crippen LogP contribution is -2.71. The van der Waals surface area contributed by atoms with Crippen LogP contribution in [0.5, 0.6) is 0 Å². The van der Waals surface area contributed by atoms with Gasteiger partial charge in [0.1, 0.15) is 11.7 Å². The van der Waals surface area contributed by atoms with Crippen LogP contribution in [0.1, 0.15) is 39.2 Å². The van der Waals surface area contributed by atoms with Crippen molar-refractivity contribution in [3.63, 3.8) is 0 Å². The number of aryl methyl sites for hydroxylation is 1. The minimum atomic E-state index is -4.28. The van der Waals surface area contributed by atoms with E-state index in [1.54, 1.807) is 32.9 Å². The van der Waals surface area contributed by atoms with Crippen molar-refractivity contribution in [1.82, 2.24) is 9.21 Å². The van der Waals surface area contributed by atoms with Gasteiger partial charge in [0.05, 0.1) is 11.5 Å². The van der Waals surface area contributed by atoms with Gasteiger partial charge in [0, 0.05) is 46.8 Å². The second-order valence-corrected chi connectivity index (χ2v) is 12.7. The van der Waals surface area contributed by atoms with Gasteiger partial charge in [-0.2, -0.15) is 0 Å². The molecule has 0 saturated carbocycles. The van der Waals surface area contributed by atoms with E-state index in [1.165, 1.54) is 38.4 Å². The maximum Gasteiger partial charge on any atom is 0.411 e. The summed E-state index contributed by atoms with van der Waals surface area (Å²) in [6.45, 7) is 6.53. The molecule has 11 nitrogen and oxygen atoms in total. The first kappa shape index (κ1) is 30.3. The number of amides is 2. The molecule has 2 fully saturated rings. The van der Waals surface area contributed by atoms with Crippen molar-refractivity contribution in [3.05, 3.63) is 29.8 Å². The predicted octanol–water partition coefficient (Wildman–Crippen LogP) is 2.15. The summed E-state index contributed by atoms with van der Waals surface area (Å²) in [6.07, 6.45) is -2.45. The Morgan fingerprint density at radius 1 is 1.16 bits per heavy atom. The van der Waals surface area contributed by atoms with Crippen LogP contribution < -0.4 is 0 Å². The highest BCUT2D eigenvalue weighted by Crippen LogP contribution is 2.50. The fraction of sp³-hybridized carbons (Fsp3) is 0.692. The number of methoxy groups -OCH3 is 3. The molecular formula is C26H40N2O9S. The SMILES string of the molecule is COC[C@H](O)[C@@]12C(=O)N(S(=O)(=O)c3ccc(C)cc3)CC[C@@H]1C(CC(OC)OC)CN2C(=O)OC(C)(C)C. The Morgan fingerprint density at radius 3 is 2.29 bits per heavy atom. The van der Waals surface area contributed by atoms with Gasteiger partial charge in [-0.05, 0) is 52.2 Å². The first-order valence-corrected chi connectivity index (χ1v) is 14.0. The van der Waals surface area contributed by atoms with Crippen LogP contribution in [0, 0.1) is 18.8 Å². The molecule has 12 heteroatoms. The number of carbonyl (C=O) groups excluding carboxylic acids is 2. The molecule has 38 heavy (non-hydrogen) atoms. The summed E-state index contributed by atoms with van der Waals surface area (Å²) in [7, 11) is 0.0561. The molecule has 1 aromatic rings. The maximum atomic E-state index is 14.4. The lowest BCUT2D eigenvalue weighted by atomic mass is 9.70. The highest BCUT2D eigenvalue weighted by Gasteiger charge is 2.68. The number of benzene rings is 1. The average Bonchev–Trinajstić information content (AvgIpc) is 3.18. The summed E-state index contributed by atoms with van der Waals surface area (Å²) in [5.74, 6) is -1.85. The average molecular weight is 557 g/mol. The highest BCUT2D eigenvalue weighted by atomic mass is 32.2. The van der Waals surface area contributed by atoms with E-state index in [2.05, 4.69) is 0 Å². The van der Waals surface area contributed by atoms with Crippen LogP contribution in [0.25, 0.3) is 0 Å². The molecule has 0 aliphatic carbocycles. The van der Waals surface area contributed by atoms with Gasteiger partial charge in [-0.3, -0.25) is 9.69 Å². The molecule has 2 heterocycles.